The molecule has 25 heavy (non-hydrogen) atoms. The van der Waals surface area contributed by atoms with Crippen LogP contribution in [0.4, 0.5) is 0 Å². The summed E-state index contributed by atoms with van der Waals surface area (Å²) in [6.07, 6.45) is 1.08. The van der Waals surface area contributed by atoms with Crippen LogP contribution >= 0.6 is 0 Å². The van der Waals surface area contributed by atoms with Gasteiger partial charge in [-0.25, -0.2) is 0 Å². The number of aryl methyl sites for hydroxylation is 2. The first kappa shape index (κ1) is 14.8. The molecule has 1 aromatic heterocycles. The summed E-state index contributed by atoms with van der Waals surface area (Å²) in [7, 11) is 2.19. The molecule has 124 valence electrons. The van der Waals surface area contributed by atoms with Gasteiger partial charge in [-0.05, 0) is 58.5 Å². The number of aromatic nitrogens is 1. The summed E-state index contributed by atoms with van der Waals surface area (Å²) in [4.78, 5) is 0. The molecule has 1 heteroatoms. The van der Waals surface area contributed by atoms with E-state index in [4.69, 9.17) is 0 Å². The normalized spacial score (nSPS) is 14.9. The fourth-order valence-corrected chi connectivity index (χ4v) is 4.67. The average molecular weight is 325 g/mol. The van der Waals surface area contributed by atoms with E-state index in [0.717, 1.165) is 6.42 Å². The zero-order valence-electron chi connectivity index (χ0n) is 15.4. The Balaban J connectivity index is 1.93. The Morgan fingerprint density at radius 2 is 1.56 bits per heavy atom. The molecule has 0 aliphatic heterocycles. The second-order valence-electron chi connectivity index (χ2n) is 7.85. The fraction of sp³-hybridized carbons (Fsp3) is 0.250. The fourth-order valence-electron chi connectivity index (χ4n) is 4.67. The number of fused-ring (bicyclic) bond motifs is 6. The van der Waals surface area contributed by atoms with Crippen LogP contribution in [-0.4, -0.2) is 4.57 Å². The van der Waals surface area contributed by atoms with Gasteiger partial charge in [-0.1, -0.05) is 51.1 Å². The van der Waals surface area contributed by atoms with Crippen LogP contribution in [0, 0.1) is 0 Å². The van der Waals surface area contributed by atoms with Gasteiger partial charge in [-0.15, -0.1) is 0 Å². The quantitative estimate of drug-likeness (QED) is 0.392. The van der Waals surface area contributed by atoms with Crippen molar-refractivity contribution in [3.05, 3.63) is 71.3 Å². The smallest absolute Gasteiger partial charge is 0.0495 e. The molecular weight excluding hydrogens is 302 g/mol. The van der Waals surface area contributed by atoms with Crippen molar-refractivity contribution in [1.29, 1.82) is 0 Å². The van der Waals surface area contributed by atoms with Crippen LogP contribution in [0.25, 0.3) is 32.9 Å². The van der Waals surface area contributed by atoms with E-state index in [1.165, 1.54) is 49.6 Å². The number of nitrogens with zero attached hydrogens (tertiary/aromatic N) is 1. The Labute approximate surface area is 148 Å². The Hall–Kier alpha value is -2.54. The third kappa shape index (κ3) is 1.79. The molecule has 0 saturated carbocycles. The summed E-state index contributed by atoms with van der Waals surface area (Å²) in [6.45, 7) is 6.93. The average Bonchev–Trinajstić information content (AvgIpc) is 3.04. The van der Waals surface area contributed by atoms with Gasteiger partial charge in [-0.3, -0.25) is 0 Å². The number of benzene rings is 3. The lowest BCUT2D eigenvalue weighted by atomic mass is 9.82. The van der Waals surface area contributed by atoms with E-state index < -0.39 is 0 Å². The monoisotopic (exact) mass is 325 g/mol. The van der Waals surface area contributed by atoms with E-state index in [0.29, 0.717) is 0 Å². The molecule has 0 atom stereocenters. The first-order valence-corrected chi connectivity index (χ1v) is 9.18. The highest BCUT2D eigenvalue weighted by Crippen LogP contribution is 2.50. The van der Waals surface area contributed by atoms with E-state index in [-0.39, 0.29) is 5.41 Å². The van der Waals surface area contributed by atoms with Crippen molar-refractivity contribution in [3.63, 3.8) is 0 Å². The summed E-state index contributed by atoms with van der Waals surface area (Å²) in [5.41, 5.74) is 9.80. The van der Waals surface area contributed by atoms with Crippen LogP contribution in [0.15, 0.2) is 54.6 Å². The van der Waals surface area contributed by atoms with Crippen LogP contribution in [-0.2, 0) is 18.9 Å². The molecule has 0 radical (unpaired) electrons. The molecular formula is C24H23N. The number of rotatable bonds is 1. The Morgan fingerprint density at radius 1 is 0.800 bits per heavy atom. The highest BCUT2D eigenvalue weighted by Gasteiger charge is 2.35. The SMILES string of the molecule is CCc1ccc2c(c1)c1cc3c(cc1n2C)-c1ccccc1C3(C)C. The molecule has 4 aromatic rings. The number of hydrogen-bond donors (Lipinski definition) is 0. The van der Waals surface area contributed by atoms with Crippen molar-refractivity contribution < 1.29 is 0 Å². The van der Waals surface area contributed by atoms with Gasteiger partial charge in [0, 0.05) is 34.3 Å². The van der Waals surface area contributed by atoms with E-state index in [1.54, 1.807) is 0 Å². The maximum atomic E-state index is 2.45. The van der Waals surface area contributed by atoms with Crippen molar-refractivity contribution in [3.8, 4) is 11.1 Å². The topological polar surface area (TPSA) is 4.93 Å². The predicted molar refractivity (Wildman–Crippen MR) is 107 cm³/mol. The lowest BCUT2D eigenvalue weighted by Gasteiger charge is -2.21. The van der Waals surface area contributed by atoms with Gasteiger partial charge in [0.15, 0.2) is 0 Å². The van der Waals surface area contributed by atoms with Gasteiger partial charge in [0.1, 0.15) is 0 Å². The van der Waals surface area contributed by atoms with Gasteiger partial charge in [-0.2, -0.15) is 0 Å². The first-order chi connectivity index (χ1) is 12.0. The van der Waals surface area contributed by atoms with Crippen LogP contribution in [0.5, 0.6) is 0 Å². The Morgan fingerprint density at radius 3 is 2.36 bits per heavy atom. The third-order valence-corrected chi connectivity index (χ3v) is 6.18. The predicted octanol–water partition coefficient (Wildman–Crippen LogP) is 6.20. The minimum Gasteiger partial charge on any atom is -0.344 e. The second-order valence-corrected chi connectivity index (χ2v) is 7.85. The van der Waals surface area contributed by atoms with E-state index >= 15 is 0 Å². The van der Waals surface area contributed by atoms with Crippen LogP contribution in [0.1, 0.15) is 37.5 Å². The molecule has 1 heterocycles. The van der Waals surface area contributed by atoms with Gasteiger partial charge in [0.05, 0.1) is 0 Å². The molecule has 5 rings (SSSR count). The largest absolute Gasteiger partial charge is 0.344 e. The molecule has 0 spiro atoms. The minimum atomic E-state index is 0.0602. The van der Waals surface area contributed by atoms with Crippen molar-refractivity contribution in [2.45, 2.75) is 32.6 Å². The van der Waals surface area contributed by atoms with Crippen LogP contribution in [0.2, 0.25) is 0 Å². The van der Waals surface area contributed by atoms with Crippen LogP contribution < -0.4 is 0 Å². The second kappa shape index (κ2) is 4.76. The lowest BCUT2D eigenvalue weighted by molar-refractivity contribution is 0.661. The van der Waals surface area contributed by atoms with Gasteiger partial charge >= 0.3 is 0 Å². The summed E-state index contributed by atoms with van der Waals surface area (Å²) in [6, 6.07) is 20.6. The van der Waals surface area contributed by atoms with Gasteiger partial charge in [0.2, 0.25) is 0 Å². The van der Waals surface area contributed by atoms with Crippen molar-refractivity contribution in [2.75, 3.05) is 0 Å². The molecule has 0 amide bonds. The van der Waals surface area contributed by atoms with Crippen molar-refractivity contribution >= 4 is 21.8 Å². The third-order valence-electron chi connectivity index (χ3n) is 6.18. The zero-order chi connectivity index (χ0) is 17.3. The van der Waals surface area contributed by atoms with Crippen molar-refractivity contribution in [2.24, 2.45) is 7.05 Å². The first-order valence-electron chi connectivity index (χ1n) is 9.18. The molecule has 3 aromatic carbocycles. The molecule has 1 aliphatic rings. The van der Waals surface area contributed by atoms with Crippen molar-refractivity contribution in [1.82, 2.24) is 4.57 Å². The molecule has 1 aliphatic carbocycles. The molecule has 0 unspecified atom stereocenters. The van der Waals surface area contributed by atoms with Crippen LogP contribution in [0.3, 0.4) is 0 Å². The summed E-state index contributed by atoms with van der Waals surface area (Å²) < 4.78 is 2.35. The summed E-state index contributed by atoms with van der Waals surface area (Å²) >= 11 is 0. The highest BCUT2D eigenvalue weighted by atomic mass is 14.9. The minimum absolute atomic E-state index is 0.0602. The van der Waals surface area contributed by atoms with E-state index in [1.807, 2.05) is 0 Å². The maximum absolute atomic E-state index is 2.45. The molecule has 0 fully saturated rings. The number of hydrogen-bond acceptors (Lipinski definition) is 0. The lowest BCUT2D eigenvalue weighted by Crippen LogP contribution is -2.14. The molecule has 1 nitrogen and oxygen atoms in total. The highest BCUT2D eigenvalue weighted by molar-refractivity contribution is 6.10. The van der Waals surface area contributed by atoms with Gasteiger partial charge in [0.25, 0.3) is 0 Å². The molecule has 0 N–H and O–H groups in total. The Bertz CT molecular complexity index is 1160. The Kier molecular flexibility index (Phi) is 2.81. The van der Waals surface area contributed by atoms with Gasteiger partial charge < -0.3 is 4.57 Å². The summed E-state index contributed by atoms with van der Waals surface area (Å²) in [5.74, 6) is 0. The zero-order valence-corrected chi connectivity index (χ0v) is 15.4. The van der Waals surface area contributed by atoms with E-state index in [9.17, 15) is 0 Å². The summed E-state index contributed by atoms with van der Waals surface area (Å²) in [5, 5.41) is 2.76. The molecule has 0 bridgehead atoms. The van der Waals surface area contributed by atoms with E-state index in [2.05, 4.69) is 87.0 Å². The standard InChI is InChI=1S/C24H23N/c1-5-15-10-11-22-18(12-15)19-13-21-17(14-23(19)25(22)4)16-8-6-7-9-20(16)24(21,2)3/h6-14H,5H2,1-4H3. The molecule has 0 saturated heterocycles. The maximum Gasteiger partial charge on any atom is 0.0495 e.